The SMILES string of the molecule is NS(=O)(=O)Cc1ccc(NCc2cc(Cl)ccc2O)cc1. The molecule has 0 spiro atoms. The second kappa shape index (κ2) is 6.34. The van der Waals surface area contributed by atoms with Crippen molar-refractivity contribution in [2.45, 2.75) is 12.3 Å². The predicted octanol–water partition coefficient (Wildman–Crippen LogP) is 2.45. The molecule has 0 bridgehead atoms. The van der Waals surface area contributed by atoms with E-state index in [9.17, 15) is 13.5 Å². The molecule has 2 rings (SSSR count). The van der Waals surface area contributed by atoms with Crippen molar-refractivity contribution in [1.82, 2.24) is 0 Å². The van der Waals surface area contributed by atoms with Crippen molar-refractivity contribution < 1.29 is 13.5 Å². The molecule has 0 amide bonds. The fourth-order valence-electron chi connectivity index (χ4n) is 1.84. The molecule has 0 aliphatic heterocycles. The highest BCUT2D eigenvalue weighted by atomic mass is 35.5. The number of phenolic OH excluding ortho intramolecular Hbond substituents is 1. The Morgan fingerprint density at radius 2 is 1.81 bits per heavy atom. The van der Waals surface area contributed by atoms with Crippen molar-refractivity contribution >= 4 is 27.3 Å². The van der Waals surface area contributed by atoms with E-state index in [4.69, 9.17) is 16.7 Å². The first kappa shape index (κ1) is 15.6. The number of halogens is 1. The van der Waals surface area contributed by atoms with Crippen molar-refractivity contribution in [1.29, 1.82) is 0 Å². The Kier molecular flexibility index (Phi) is 4.72. The van der Waals surface area contributed by atoms with Crippen LogP contribution in [0.2, 0.25) is 5.02 Å². The third-order valence-electron chi connectivity index (χ3n) is 2.85. The van der Waals surface area contributed by atoms with Gasteiger partial charge in [-0.25, -0.2) is 13.6 Å². The van der Waals surface area contributed by atoms with Gasteiger partial charge < -0.3 is 10.4 Å². The zero-order valence-corrected chi connectivity index (χ0v) is 12.7. The van der Waals surface area contributed by atoms with Gasteiger partial charge in [-0.2, -0.15) is 0 Å². The third-order valence-corrected chi connectivity index (χ3v) is 3.82. The largest absolute Gasteiger partial charge is 0.508 e. The van der Waals surface area contributed by atoms with Crippen molar-refractivity contribution in [2.75, 3.05) is 5.32 Å². The number of hydrogen-bond donors (Lipinski definition) is 3. The zero-order valence-electron chi connectivity index (χ0n) is 11.1. The second-order valence-corrected chi connectivity index (χ2v) is 6.68. The Labute approximate surface area is 128 Å². The normalized spacial score (nSPS) is 11.3. The summed E-state index contributed by atoms with van der Waals surface area (Å²) in [6, 6.07) is 11.7. The van der Waals surface area contributed by atoms with Crippen LogP contribution >= 0.6 is 11.6 Å². The van der Waals surface area contributed by atoms with Gasteiger partial charge in [0.2, 0.25) is 10.0 Å². The lowest BCUT2D eigenvalue weighted by atomic mass is 10.2. The van der Waals surface area contributed by atoms with Crippen LogP contribution in [0.5, 0.6) is 5.75 Å². The van der Waals surface area contributed by atoms with Gasteiger partial charge in [0.15, 0.2) is 0 Å². The van der Waals surface area contributed by atoms with Crippen LogP contribution in [0.25, 0.3) is 0 Å². The number of rotatable bonds is 5. The number of benzene rings is 2. The number of phenols is 1. The molecule has 0 aliphatic carbocycles. The minimum absolute atomic E-state index is 0.165. The molecule has 0 aromatic heterocycles. The topological polar surface area (TPSA) is 92.4 Å². The molecule has 2 aromatic carbocycles. The fourth-order valence-corrected chi connectivity index (χ4v) is 2.70. The highest BCUT2D eigenvalue weighted by Gasteiger charge is 2.05. The Morgan fingerprint density at radius 1 is 1.14 bits per heavy atom. The van der Waals surface area contributed by atoms with Crippen LogP contribution in [-0.4, -0.2) is 13.5 Å². The molecule has 0 saturated carbocycles. The van der Waals surface area contributed by atoms with E-state index >= 15 is 0 Å². The molecule has 0 saturated heterocycles. The van der Waals surface area contributed by atoms with E-state index in [0.717, 1.165) is 5.69 Å². The number of nitrogens with two attached hydrogens (primary N) is 1. The van der Waals surface area contributed by atoms with Gasteiger partial charge >= 0.3 is 0 Å². The standard InChI is InChI=1S/C14H15ClN2O3S/c15-12-3-6-14(18)11(7-12)8-17-13-4-1-10(2-5-13)9-21(16,19)20/h1-7,17-18H,8-9H2,(H2,16,19,20). The van der Waals surface area contributed by atoms with Crippen LogP contribution in [0.3, 0.4) is 0 Å². The number of anilines is 1. The number of nitrogens with one attached hydrogen (secondary N) is 1. The van der Waals surface area contributed by atoms with E-state index in [1.807, 2.05) is 0 Å². The molecule has 2 aromatic rings. The quantitative estimate of drug-likeness (QED) is 0.787. The van der Waals surface area contributed by atoms with Gasteiger partial charge in [0, 0.05) is 22.8 Å². The maximum Gasteiger partial charge on any atom is 0.213 e. The summed E-state index contributed by atoms with van der Waals surface area (Å²) < 4.78 is 22.0. The lowest BCUT2D eigenvalue weighted by Gasteiger charge is -2.09. The van der Waals surface area contributed by atoms with Crippen LogP contribution in [0.1, 0.15) is 11.1 Å². The number of sulfonamides is 1. The Balaban J connectivity index is 2.02. The van der Waals surface area contributed by atoms with E-state index in [1.54, 1.807) is 36.4 Å². The lowest BCUT2D eigenvalue weighted by molar-refractivity contribution is 0.469. The van der Waals surface area contributed by atoms with Gasteiger partial charge in [-0.05, 0) is 35.9 Å². The minimum atomic E-state index is -3.52. The van der Waals surface area contributed by atoms with Crippen LogP contribution in [-0.2, 0) is 22.3 Å². The van der Waals surface area contributed by atoms with Gasteiger partial charge in [-0.15, -0.1) is 0 Å². The molecule has 21 heavy (non-hydrogen) atoms. The summed E-state index contributed by atoms with van der Waals surface area (Å²) >= 11 is 5.87. The Bertz CT molecular complexity index is 730. The summed E-state index contributed by atoms with van der Waals surface area (Å²) in [5.74, 6) is -0.0275. The molecule has 4 N–H and O–H groups in total. The van der Waals surface area contributed by atoms with Gasteiger partial charge in [0.25, 0.3) is 0 Å². The van der Waals surface area contributed by atoms with Crippen molar-refractivity contribution in [3.05, 3.63) is 58.6 Å². The molecule has 5 nitrogen and oxygen atoms in total. The molecule has 112 valence electrons. The molecule has 0 heterocycles. The predicted molar refractivity (Wildman–Crippen MR) is 83.7 cm³/mol. The molecule has 0 radical (unpaired) electrons. The molecule has 0 aliphatic rings. The first-order chi connectivity index (χ1) is 9.83. The summed E-state index contributed by atoms with van der Waals surface area (Å²) in [6.07, 6.45) is 0. The number of aromatic hydroxyl groups is 1. The number of primary sulfonamides is 1. The van der Waals surface area contributed by atoms with E-state index in [-0.39, 0.29) is 11.5 Å². The Morgan fingerprint density at radius 3 is 2.43 bits per heavy atom. The summed E-state index contributed by atoms with van der Waals surface area (Å²) in [4.78, 5) is 0. The lowest BCUT2D eigenvalue weighted by Crippen LogP contribution is -2.14. The summed E-state index contributed by atoms with van der Waals surface area (Å²) in [7, 11) is -3.52. The highest BCUT2D eigenvalue weighted by Crippen LogP contribution is 2.22. The maximum atomic E-state index is 11.0. The number of hydrogen-bond acceptors (Lipinski definition) is 4. The van der Waals surface area contributed by atoms with Gasteiger partial charge in [0.05, 0.1) is 5.75 Å². The van der Waals surface area contributed by atoms with Crippen LogP contribution in [0, 0.1) is 0 Å². The molecular weight excluding hydrogens is 312 g/mol. The molecule has 0 atom stereocenters. The summed E-state index contributed by atoms with van der Waals surface area (Å²) in [6.45, 7) is 0.404. The summed E-state index contributed by atoms with van der Waals surface area (Å²) in [5.41, 5.74) is 2.09. The monoisotopic (exact) mass is 326 g/mol. The van der Waals surface area contributed by atoms with Crippen LogP contribution < -0.4 is 10.5 Å². The van der Waals surface area contributed by atoms with Crippen molar-refractivity contribution in [3.63, 3.8) is 0 Å². The fraction of sp³-hybridized carbons (Fsp3) is 0.143. The minimum Gasteiger partial charge on any atom is -0.508 e. The van der Waals surface area contributed by atoms with E-state index < -0.39 is 10.0 Å². The smallest absolute Gasteiger partial charge is 0.213 e. The van der Waals surface area contributed by atoms with Gasteiger partial charge in [-0.3, -0.25) is 0 Å². The molecule has 0 fully saturated rings. The average Bonchev–Trinajstić information content (AvgIpc) is 2.40. The maximum absolute atomic E-state index is 11.0. The third kappa shape index (κ3) is 4.93. The Hall–Kier alpha value is -1.76. The highest BCUT2D eigenvalue weighted by molar-refractivity contribution is 7.88. The van der Waals surface area contributed by atoms with Crippen LogP contribution in [0.4, 0.5) is 5.69 Å². The van der Waals surface area contributed by atoms with Crippen molar-refractivity contribution in [3.8, 4) is 5.75 Å². The van der Waals surface area contributed by atoms with E-state index in [1.165, 1.54) is 6.07 Å². The molecule has 0 unspecified atom stereocenters. The van der Waals surface area contributed by atoms with E-state index in [0.29, 0.717) is 22.7 Å². The molecular formula is C14H15ClN2O3S. The van der Waals surface area contributed by atoms with Gasteiger partial charge in [-0.1, -0.05) is 23.7 Å². The molecule has 7 heteroatoms. The van der Waals surface area contributed by atoms with Crippen LogP contribution in [0.15, 0.2) is 42.5 Å². The second-order valence-electron chi connectivity index (χ2n) is 4.63. The average molecular weight is 327 g/mol. The first-order valence-electron chi connectivity index (χ1n) is 6.14. The first-order valence-corrected chi connectivity index (χ1v) is 8.23. The zero-order chi connectivity index (χ0) is 15.5. The van der Waals surface area contributed by atoms with Crippen molar-refractivity contribution in [2.24, 2.45) is 5.14 Å². The summed E-state index contributed by atoms with van der Waals surface area (Å²) in [5, 5.41) is 18.4. The van der Waals surface area contributed by atoms with Gasteiger partial charge in [0.1, 0.15) is 5.75 Å². The van der Waals surface area contributed by atoms with E-state index in [2.05, 4.69) is 5.32 Å².